The minimum atomic E-state index is -4.99. The number of phosphoric ester groups is 2. The molecule has 0 aromatic carbocycles. The molecule has 0 bridgehead atoms. The summed E-state index contributed by atoms with van der Waals surface area (Å²) in [4.78, 5) is 73.2. The van der Waals surface area contributed by atoms with Crippen LogP contribution in [-0.2, 0) is 65.4 Å². The van der Waals surface area contributed by atoms with E-state index >= 15 is 0 Å². The van der Waals surface area contributed by atoms with Gasteiger partial charge in [0.1, 0.15) is 19.3 Å². The molecular formula is C87H148O17P2. The van der Waals surface area contributed by atoms with E-state index in [0.29, 0.717) is 25.7 Å². The molecule has 106 heavy (non-hydrogen) atoms. The largest absolute Gasteiger partial charge is 0.472 e. The van der Waals surface area contributed by atoms with Crippen LogP contribution in [0.15, 0.2) is 134 Å². The maximum atomic E-state index is 13.1. The molecule has 5 unspecified atom stereocenters. The lowest BCUT2D eigenvalue weighted by atomic mass is 10.0. The Morgan fingerprint density at radius 2 is 0.491 bits per heavy atom. The zero-order valence-electron chi connectivity index (χ0n) is 66.6. The van der Waals surface area contributed by atoms with E-state index in [-0.39, 0.29) is 25.7 Å². The standard InChI is InChI=1S/C87H148O17P2/c1-5-9-13-17-21-25-29-33-37-39-40-42-45-48-52-56-60-64-68-72-85(90)98-78-83(104-87(92)74-70-66-62-58-54-50-46-41-38-34-30-26-22-18-14-10-6-2)80-102-106(95,96)100-76-81(88)75-99-105(93,94)101-79-82(103-86(91)73-69-65-61-57-53-49-44-36-32-28-24-20-16-12-8-4)77-97-84(89)71-67-63-59-55-51-47-43-35-31-27-23-19-15-11-7-3/h9-11,13-15,21-23,25-27,33-35,37-38,40,42-43,51,55,81-83,88H,5-8,12,16-20,24,28-32,36,39,41,44-50,52-54,56-80H2,1-4H3,(H,93,94)(H,95,96)/b13-9-,14-10-,15-11-,25-21-,26-22-,27-23-,37-33-,38-34-,42-40-,43-35-,55-51-. The summed E-state index contributed by atoms with van der Waals surface area (Å²) >= 11 is 0. The Hall–Kier alpha value is -4.80. The molecule has 0 aliphatic heterocycles. The second kappa shape index (κ2) is 78.3. The molecule has 17 nitrogen and oxygen atoms in total. The molecule has 0 radical (unpaired) electrons. The van der Waals surface area contributed by atoms with Crippen molar-refractivity contribution in [2.24, 2.45) is 0 Å². The minimum absolute atomic E-state index is 0.0768. The third kappa shape index (κ3) is 77.4. The number of aliphatic hydroxyl groups excluding tert-OH is 1. The maximum Gasteiger partial charge on any atom is 0.472 e. The number of phosphoric acid groups is 2. The number of hydrogen-bond donors (Lipinski definition) is 3. The number of ether oxygens (including phenoxy) is 4. The number of carbonyl (C=O) groups is 4. The van der Waals surface area contributed by atoms with Crippen LogP contribution in [0.3, 0.4) is 0 Å². The lowest BCUT2D eigenvalue weighted by Crippen LogP contribution is -2.30. The summed E-state index contributed by atoms with van der Waals surface area (Å²) in [5.41, 5.74) is 0. The number of carbonyl (C=O) groups excluding carboxylic acids is 4. The molecule has 0 amide bonds. The van der Waals surface area contributed by atoms with Gasteiger partial charge in [-0.3, -0.25) is 37.3 Å². The zero-order chi connectivity index (χ0) is 77.4. The molecular weight excluding hydrogens is 1380 g/mol. The molecule has 0 saturated heterocycles. The molecule has 0 fully saturated rings. The fourth-order valence-corrected chi connectivity index (χ4v) is 12.5. The Morgan fingerprint density at radius 3 is 0.774 bits per heavy atom. The highest BCUT2D eigenvalue weighted by Crippen LogP contribution is 2.45. The summed E-state index contributed by atoms with van der Waals surface area (Å²) in [6, 6.07) is 0. The predicted octanol–water partition coefficient (Wildman–Crippen LogP) is 24.4. The van der Waals surface area contributed by atoms with Crippen molar-refractivity contribution in [3.8, 4) is 0 Å². The summed E-state index contributed by atoms with van der Waals surface area (Å²) in [6.45, 7) is 4.51. The number of esters is 4. The van der Waals surface area contributed by atoms with Crippen LogP contribution in [0.1, 0.15) is 336 Å². The minimum Gasteiger partial charge on any atom is -0.462 e. The van der Waals surface area contributed by atoms with Crippen LogP contribution in [0.2, 0.25) is 0 Å². The molecule has 3 N–H and O–H groups in total. The first-order chi connectivity index (χ1) is 51.7. The highest BCUT2D eigenvalue weighted by molar-refractivity contribution is 7.47. The molecule has 0 spiro atoms. The van der Waals surface area contributed by atoms with Gasteiger partial charge in [0.25, 0.3) is 0 Å². The maximum absolute atomic E-state index is 13.1. The number of aliphatic hydroxyl groups is 1. The van der Waals surface area contributed by atoms with Crippen LogP contribution in [0.5, 0.6) is 0 Å². The van der Waals surface area contributed by atoms with Crippen LogP contribution in [0.4, 0.5) is 0 Å². The van der Waals surface area contributed by atoms with E-state index in [9.17, 15) is 43.2 Å². The van der Waals surface area contributed by atoms with Crippen molar-refractivity contribution in [3.05, 3.63) is 134 Å². The van der Waals surface area contributed by atoms with E-state index in [2.05, 4.69) is 161 Å². The van der Waals surface area contributed by atoms with Gasteiger partial charge in [0.05, 0.1) is 26.4 Å². The fourth-order valence-electron chi connectivity index (χ4n) is 10.9. The highest BCUT2D eigenvalue weighted by atomic mass is 31.2. The Labute approximate surface area is 644 Å². The zero-order valence-corrected chi connectivity index (χ0v) is 68.4. The molecule has 0 aliphatic rings. The van der Waals surface area contributed by atoms with E-state index in [1.165, 1.54) is 64.2 Å². The second-order valence-electron chi connectivity index (χ2n) is 27.3. The first-order valence-corrected chi connectivity index (χ1v) is 44.4. The van der Waals surface area contributed by atoms with E-state index in [1.54, 1.807) is 0 Å². The van der Waals surface area contributed by atoms with Gasteiger partial charge in [0.2, 0.25) is 0 Å². The number of allylic oxidation sites excluding steroid dienone is 22. The van der Waals surface area contributed by atoms with Crippen LogP contribution in [-0.4, -0.2) is 96.7 Å². The van der Waals surface area contributed by atoms with Gasteiger partial charge in [0, 0.05) is 25.7 Å². The Bertz CT molecular complexity index is 2530. The van der Waals surface area contributed by atoms with Crippen molar-refractivity contribution in [2.75, 3.05) is 39.6 Å². The van der Waals surface area contributed by atoms with E-state index in [4.69, 9.17) is 37.0 Å². The Balaban J connectivity index is 5.41. The molecule has 0 rings (SSSR count). The highest BCUT2D eigenvalue weighted by Gasteiger charge is 2.30. The second-order valence-corrected chi connectivity index (χ2v) is 30.2. The van der Waals surface area contributed by atoms with E-state index in [0.717, 1.165) is 193 Å². The normalized spacial score (nSPS) is 14.5. The molecule has 0 aromatic rings. The first-order valence-electron chi connectivity index (χ1n) is 41.4. The van der Waals surface area contributed by atoms with Gasteiger partial charge in [-0.1, -0.05) is 309 Å². The molecule has 5 atom stereocenters. The van der Waals surface area contributed by atoms with Gasteiger partial charge in [-0.05, 0) is 135 Å². The van der Waals surface area contributed by atoms with E-state index < -0.39 is 97.5 Å². The predicted molar refractivity (Wildman–Crippen MR) is 436 cm³/mol. The third-order valence-electron chi connectivity index (χ3n) is 17.1. The summed E-state index contributed by atoms with van der Waals surface area (Å²) < 4.78 is 68.7. The molecule has 0 heterocycles. The van der Waals surface area contributed by atoms with Gasteiger partial charge in [-0.15, -0.1) is 0 Å². The van der Waals surface area contributed by atoms with Crippen molar-refractivity contribution < 1.29 is 80.2 Å². The average molecular weight is 1530 g/mol. The fraction of sp³-hybridized carbons (Fsp3) is 0.701. The molecule has 0 aromatic heterocycles. The summed E-state index contributed by atoms with van der Waals surface area (Å²) in [7, 11) is -9.98. The summed E-state index contributed by atoms with van der Waals surface area (Å²) in [5.74, 6) is -2.24. The van der Waals surface area contributed by atoms with Crippen molar-refractivity contribution in [1.82, 2.24) is 0 Å². The van der Waals surface area contributed by atoms with Gasteiger partial charge in [-0.2, -0.15) is 0 Å². The molecule has 19 heteroatoms. The van der Waals surface area contributed by atoms with Crippen LogP contribution in [0, 0.1) is 0 Å². The average Bonchev–Trinajstić information content (AvgIpc) is 0.902. The molecule has 608 valence electrons. The smallest absolute Gasteiger partial charge is 0.462 e. The summed E-state index contributed by atoms with van der Waals surface area (Å²) in [6.07, 6.45) is 88.5. The van der Waals surface area contributed by atoms with E-state index in [1.807, 2.05) is 0 Å². The molecule has 0 saturated carbocycles. The monoisotopic (exact) mass is 1530 g/mol. The molecule has 0 aliphatic carbocycles. The Kier molecular flexibility index (Phi) is 74.8. The van der Waals surface area contributed by atoms with Crippen LogP contribution in [0.25, 0.3) is 0 Å². The topological polar surface area (TPSA) is 237 Å². The van der Waals surface area contributed by atoms with Gasteiger partial charge in [-0.25, -0.2) is 9.13 Å². The van der Waals surface area contributed by atoms with Crippen molar-refractivity contribution in [2.45, 2.75) is 354 Å². The SMILES string of the molecule is CC/C=C\C/C=C\C/C=C\C/C=C\CCCCCCCCC(=O)OCC(COP(=O)(O)OCC(O)COP(=O)(O)OCC(COC(=O)CCCC/C=C\C/C=C\C/C=C\C/C=C\CC)OC(=O)CCCCCCCCCCCCCCCCC)OC(=O)CCCCCCCCC/C=C\C/C=C\C/C=C\CC. The Morgan fingerprint density at radius 1 is 0.274 bits per heavy atom. The van der Waals surface area contributed by atoms with Crippen molar-refractivity contribution in [1.29, 1.82) is 0 Å². The first kappa shape index (κ1) is 101. The van der Waals surface area contributed by atoms with Crippen LogP contribution >= 0.6 is 15.6 Å². The lowest BCUT2D eigenvalue weighted by Gasteiger charge is -2.21. The van der Waals surface area contributed by atoms with Gasteiger partial charge >= 0.3 is 39.5 Å². The van der Waals surface area contributed by atoms with Crippen molar-refractivity contribution >= 4 is 39.5 Å². The number of hydrogen-bond acceptors (Lipinski definition) is 15. The lowest BCUT2D eigenvalue weighted by molar-refractivity contribution is -0.161. The number of unbranched alkanes of at least 4 members (excludes halogenated alkanes) is 29. The number of rotatable bonds is 77. The quantitative estimate of drug-likeness (QED) is 0.0169. The van der Waals surface area contributed by atoms with Crippen LogP contribution < -0.4 is 0 Å². The van der Waals surface area contributed by atoms with Gasteiger partial charge in [0.15, 0.2) is 12.2 Å². The van der Waals surface area contributed by atoms with Crippen molar-refractivity contribution in [3.63, 3.8) is 0 Å². The summed E-state index contributed by atoms with van der Waals surface area (Å²) in [5, 5.41) is 10.7. The van der Waals surface area contributed by atoms with Gasteiger partial charge < -0.3 is 33.8 Å². The third-order valence-corrected chi connectivity index (χ3v) is 19.0.